The molecule has 0 radical (unpaired) electrons. The molecule has 0 spiro atoms. The molecule has 1 amide bonds. The van der Waals surface area contributed by atoms with Gasteiger partial charge in [0.15, 0.2) is 6.10 Å². The number of furan rings is 1. The molecule has 0 fully saturated rings. The Morgan fingerprint density at radius 2 is 1.93 bits per heavy atom. The second-order valence-corrected chi connectivity index (χ2v) is 5.33. The van der Waals surface area contributed by atoms with Crippen molar-refractivity contribution in [3.8, 4) is 5.75 Å². The zero-order valence-corrected chi connectivity index (χ0v) is 14.2. The van der Waals surface area contributed by atoms with Gasteiger partial charge in [-0.1, -0.05) is 12.1 Å². The molecular weight excluding hydrogens is 367 g/mol. The SMILES string of the molecule is C[C@@H](OC(=O)/C=C/c1ccc(OC(F)(F)F)cc1)C(=O)NCc1ccco1. The van der Waals surface area contributed by atoms with Crippen LogP contribution in [-0.4, -0.2) is 24.3 Å². The van der Waals surface area contributed by atoms with Crippen molar-refractivity contribution < 1.29 is 36.7 Å². The number of rotatable bonds is 7. The quantitative estimate of drug-likeness (QED) is 0.585. The van der Waals surface area contributed by atoms with E-state index in [0.29, 0.717) is 11.3 Å². The standard InChI is InChI=1S/C18H16F3NO5/c1-12(17(24)22-11-15-3-2-10-25-15)26-16(23)9-6-13-4-7-14(8-5-13)27-18(19,20)21/h2-10,12H,11H2,1H3,(H,22,24)/b9-6+/t12-/m1/s1. The number of nitrogens with one attached hydrogen (secondary N) is 1. The predicted molar refractivity (Wildman–Crippen MR) is 88.3 cm³/mol. The Morgan fingerprint density at radius 3 is 2.52 bits per heavy atom. The van der Waals surface area contributed by atoms with Crippen LogP contribution in [0.3, 0.4) is 0 Å². The molecule has 0 saturated heterocycles. The first kappa shape index (κ1) is 20.1. The molecule has 1 heterocycles. The van der Waals surface area contributed by atoms with Crippen LogP contribution in [0.25, 0.3) is 6.08 Å². The lowest BCUT2D eigenvalue weighted by Crippen LogP contribution is -2.35. The summed E-state index contributed by atoms with van der Waals surface area (Å²) in [7, 11) is 0. The molecule has 1 aromatic carbocycles. The number of alkyl halides is 3. The number of benzene rings is 1. The molecule has 27 heavy (non-hydrogen) atoms. The average molecular weight is 383 g/mol. The Labute approximate surface area is 152 Å². The first-order chi connectivity index (χ1) is 12.7. The maximum absolute atomic E-state index is 12.1. The van der Waals surface area contributed by atoms with Gasteiger partial charge in [-0.25, -0.2) is 4.79 Å². The predicted octanol–water partition coefficient (Wildman–Crippen LogP) is 3.44. The summed E-state index contributed by atoms with van der Waals surface area (Å²) in [6, 6.07) is 8.27. The summed E-state index contributed by atoms with van der Waals surface area (Å²) in [5, 5.41) is 2.55. The highest BCUT2D eigenvalue weighted by atomic mass is 19.4. The van der Waals surface area contributed by atoms with Gasteiger partial charge in [0, 0.05) is 6.08 Å². The number of hydrogen-bond donors (Lipinski definition) is 1. The summed E-state index contributed by atoms with van der Waals surface area (Å²) in [5.41, 5.74) is 0.455. The largest absolute Gasteiger partial charge is 0.573 e. The second-order valence-electron chi connectivity index (χ2n) is 5.33. The first-order valence-corrected chi connectivity index (χ1v) is 7.77. The van der Waals surface area contributed by atoms with Crippen LogP contribution >= 0.6 is 0 Å². The molecule has 2 rings (SSSR count). The van der Waals surface area contributed by atoms with Gasteiger partial charge in [-0.3, -0.25) is 4.79 Å². The van der Waals surface area contributed by atoms with Crippen LogP contribution in [0, 0.1) is 0 Å². The topological polar surface area (TPSA) is 77.8 Å². The fourth-order valence-corrected chi connectivity index (χ4v) is 1.94. The minimum atomic E-state index is -4.77. The zero-order chi connectivity index (χ0) is 19.9. The van der Waals surface area contributed by atoms with Crippen LogP contribution in [0.4, 0.5) is 13.2 Å². The van der Waals surface area contributed by atoms with Gasteiger partial charge in [0.1, 0.15) is 11.5 Å². The van der Waals surface area contributed by atoms with Gasteiger partial charge in [0.05, 0.1) is 12.8 Å². The lowest BCUT2D eigenvalue weighted by atomic mass is 10.2. The number of ether oxygens (including phenoxy) is 2. The van der Waals surface area contributed by atoms with Crippen LogP contribution in [0.2, 0.25) is 0 Å². The molecule has 144 valence electrons. The highest BCUT2D eigenvalue weighted by Gasteiger charge is 2.30. The molecule has 0 aliphatic heterocycles. The van der Waals surface area contributed by atoms with E-state index in [-0.39, 0.29) is 12.3 Å². The van der Waals surface area contributed by atoms with Gasteiger partial charge in [-0.05, 0) is 42.8 Å². The molecule has 0 aliphatic rings. The van der Waals surface area contributed by atoms with Crippen LogP contribution in [-0.2, 0) is 20.9 Å². The van der Waals surface area contributed by atoms with E-state index in [4.69, 9.17) is 9.15 Å². The van der Waals surface area contributed by atoms with E-state index in [1.54, 1.807) is 12.1 Å². The summed E-state index contributed by atoms with van der Waals surface area (Å²) in [6.45, 7) is 1.57. The minimum Gasteiger partial charge on any atom is -0.467 e. The number of carbonyl (C=O) groups excluding carboxylic acids is 2. The molecule has 0 aliphatic carbocycles. The highest BCUT2D eigenvalue weighted by Crippen LogP contribution is 2.22. The van der Waals surface area contributed by atoms with Crippen LogP contribution < -0.4 is 10.1 Å². The smallest absolute Gasteiger partial charge is 0.467 e. The third kappa shape index (κ3) is 7.27. The Kier molecular flexibility index (Phi) is 6.64. The molecule has 6 nitrogen and oxygen atoms in total. The summed E-state index contributed by atoms with van der Waals surface area (Å²) in [6.07, 6.45) is -1.92. The van der Waals surface area contributed by atoms with Gasteiger partial charge in [0.2, 0.25) is 0 Å². The molecule has 1 atom stereocenters. The Balaban J connectivity index is 1.80. The van der Waals surface area contributed by atoms with Crippen molar-refractivity contribution in [1.82, 2.24) is 5.32 Å². The lowest BCUT2D eigenvalue weighted by molar-refractivity contribution is -0.274. The van der Waals surface area contributed by atoms with E-state index < -0.39 is 24.3 Å². The second kappa shape index (κ2) is 8.93. The fourth-order valence-electron chi connectivity index (χ4n) is 1.94. The minimum absolute atomic E-state index is 0.163. The van der Waals surface area contributed by atoms with E-state index in [2.05, 4.69) is 10.1 Å². The van der Waals surface area contributed by atoms with E-state index >= 15 is 0 Å². The summed E-state index contributed by atoms with van der Waals surface area (Å²) in [4.78, 5) is 23.6. The van der Waals surface area contributed by atoms with Gasteiger partial charge in [-0.15, -0.1) is 13.2 Å². The number of esters is 1. The normalized spacial score (nSPS) is 12.6. The van der Waals surface area contributed by atoms with Crippen molar-refractivity contribution in [1.29, 1.82) is 0 Å². The van der Waals surface area contributed by atoms with Crippen molar-refractivity contribution in [2.24, 2.45) is 0 Å². The monoisotopic (exact) mass is 383 g/mol. The Morgan fingerprint density at radius 1 is 1.22 bits per heavy atom. The van der Waals surface area contributed by atoms with Gasteiger partial charge >= 0.3 is 12.3 Å². The molecule has 9 heteroatoms. The molecule has 1 N–H and O–H groups in total. The number of amides is 1. The third-order valence-corrected chi connectivity index (χ3v) is 3.20. The number of carbonyl (C=O) groups is 2. The Hall–Kier alpha value is -3.23. The summed E-state index contributed by atoms with van der Waals surface area (Å²) in [5.74, 6) is -1.09. The maximum atomic E-state index is 12.1. The van der Waals surface area contributed by atoms with E-state index in [0.717, 1.165) is 18.2 Å². The van der Waals surface area contributed by atoms with Crippen molar-refractivity contribution in [3.63, 3.8) is 0 Å². The zero-order valence-electron chi connectivity index (χ0n) is 14.2. The van der Waals surface area contributed by atoms with Crippen LogP contribution in [0.15, 0.2) is 53.2 Å². The number of hydrogen-bond acceptors (Lipinski definition) is 5. The van der Waals surface area contributed by atoms with Gasteiger partial charge < -0.3 is 19.2 Å². The molecule has 0 saturated carbocycles. The third-order valence-electron chi connectivity index (χ3n) is 3.20. The highest BCUT2D eigenvalue weighted by molar-refractivity contribution is 5.90. The average Bonchev–Trinajstić information content (AvgIpc) is 3.11. The van der Waals surface area contributed by atoms with Crippen LogP contribution in [0.5, 0.6) is 5.75 Å². The van der Waals surface area contributed by atoms with Gasteiger partial charge in [0.25, 0.3) is 5.91 Å². The lowest BCUT2D eigenvalue weighted by Gasteiger charge is -2.11. The van der Waals surface area contributed by atoms with Crippen molar-refractivity contribution in [2.45, 2.75) is 25.9 Å². The first-order valence-electron chi connectivity index (χ1n) is 7.77. The fraction of sp³-hybridized carbons (Fsp3) is 0.222. The summed E-state index contributed by atoms with van der Waals surface area (Å²) < 4.78 is 50.0. The molecule has 1 aromatic heterocycles. The maximum Gasteiger partial charge on any atom is 0.573 e. The van der Waals surface area contributed by atoms with Crippen molar-refractivity contribution in [2.75, 3.05) is 0 Å². The van der Waals surface area contributed by atoms with E-state index in [9.17, 15) is 22.8 Å². The molecule has 0 bridgehead atoms. The van der Waals surface area contributed by atoms with Crippen molar-refractivity contribution in [3.05, 3.63) is 60.1 Å². The Bertz CT molecular complexity index is 782. The van der Waals surface area contributed by atoms with Crippen LogP contribution in [0.1, 0.15) is 18.2 Å². The van der Waals surface area contributed by atoms with E-state index in [1.807, 2.05) is 0 Å². The molecule has 2 aromatic rings. The number of halogens is 3. The van der Waals surface area contributed by atoms with E-state index in [1.165, 1.54) is 31.4 Å². The molecular formula is C18H16F3NO5. The summed E-state index contributed by atoms with van der Waals surface area (Å²) >= 11 is 0. The van der Waals surface area contributed by atoms with Crippen molar-refractivity contribution >= 4 is 18.0 Å². The molecule has 0 unspecified atom stereocenters. The van der Waals surface area contributed by atoms with Gasteiger partial charge in [-0.2, -0.15) is 0 Å².